The van der Waals surface area contributed by atoms with Gasteiger partial charge in [-0.05, 0) is 41.5 Å². The molecule has 1 unspecified atom stereocenters. The number of ether oxygens (including phenoxy) is 1. The van der Waals surface area contributed by atoms with Gasteiger partial charge in [-0.15, -0.1) is 0 Å². The van der Waals surface area contributed by atoms with E-state index >= 15 is 0 Å². The number of benzene rings is 1. The number of anilines is 1. The van der Waals surface area contributed by atoms with E-state index in [1.807, 2.05) is 20.8 Å². The third kappa shape index (κ3) is 9.30. The number of hydrogen-bond donors (Lipinski definition) is 2. The summed E-state index contributed by atoms with van der Waals surface area (Å²) in [5.74, 6) is -0.490. The van der Waals surface area contributed by atoms with Gasteiger partial charge in [0.25, 0.3) is 0 Å². The minimum atomic E-state index is -3.28. The van der Waals surface area contributed by atoms with Crippen molar-refractivity contribution in [2.24, 2.45) is 16.7 Å². The summed E-state index contributed by atoms with van der Waals surface area (Å²) in [7, 11) is -3.28. The van der Waals surface area contributed by atoms with Crippen molar-refractivity contribution in [1.29, 1.82) is 0 Å². The molecule has 2 amide bonds. The minimum Gasteiger partial charge on any atom is -0.464 e. The fraction of sp³-hybridized carbons (Fsp3) is 0.619. The van der Waals surface area contributed by atoms with Crippen molar-refractivity contribution in [2.75, 3.05) is 24.7 Å². The maximum atomic E-state index is 12.5. The number of rotatable bonds is 7. The Morgan fingerprint density at radius 2 is 1.59 bits per heavy atom. The number of amides is 2. The van der Waals surface area contributed by atoms with Crippen molar-refractivity contribution in [1.82, 2.24) is 5.32 Å². The summed E-state index contributed by atoms with van der Waals surface area (Å²) >= 11 is 0. The highest BCUT2D eigenvalue weighted by molar-refractivity contribution is 7.90. The van der Waals surface area contributed by atoms with Crippen LogP contribution >= 0.6 is 0 Å². The highest BCUT2D eigenvalue weighted by Crippen LogP contribution is 2.36. The monoisotopic (exact) mass is 426 g/mol. The topological polar surface area (TPSA) is 102 Å². The fourth-order valence-electron chi connectivity index (χ4n) is 2.73. The standard InChI is InChI=1S/C21H34N2O5S/c1-20(2,3)14-17(21(4,5)6)18(24)28-13-12-22-19(25)23-15-8-10-16(11-9-15)29(7,26)27/h8-11,17H,12-14H2,1-7H3,(H2,22,23,25). The summed E-state index contributed by atoms with van der Waals surface area (Å²) in [6.45, 7) is 12.6. The molecule has 0 aromatic heterocycles. The Kier molecular flexibility index (Phi) is 8.26. The number of carbonyl (C=O) groups is 2. The van der Waals surface area contributed by atoms with Crippen molar-refractivity contribution >= 4 is 27.5 Å². The summed E-state index contributed by atoms with van der Waals surface area (Å²) in [4.78, 5) is 24.6. The number of carbonyl (C=O) groups excluding carboxylic acids is 2. The SMILES string of the molecule is CC(C)(C)CC(C(=O)OCCNC(=O)Nc1ccc(S(C)(=O)=O)cc1)C(C)(C)C. The molecule has 1 atom stereocenters. The van der Waals surface area contributed by atoms with E-state index in [-0.39, 0.29) is 40.8 Å². The predicted molar refractivity (Wildman–Crippen MR) is 115 cm³/mol. The lowest BCUT2D eigenvalue weighted by Crippen LogP contribution is -2.36. The summed E-state index contributed by atoms with van der Waals surface area (Å²) in [5, 5.41) is 5.21. The fourth-order valence-corrected chi connectivity index (χ4v) is 3.36. The molecule has 8 heteroatoms. The summed E-state index contributed by atoms with van der Waals surface area (Å²) in [6.07, 6.45) is 1.84. The molecule has 0 radical (unpaired) electrons. The van der Waals surface area contributed by atoms with Crippen LogP contribution < -0.4 is 10.6 Å². The maximum absolute atomic E-state index is 12.5. The van der Waals surface area contributed by atoms with E-state index in [4.69, 9.17) is 4.74 Å². The summed E-state index contributed by atoms with van der Waals surface area (Å²) in [5.41, 5.74) is 0.250. The van der Waals surface area contributed by atoms with E-state index in [0.29, 0.717) is 12.1 Å². The minimum absolute atomic E-state index is 0.00175. The molecule has 0 bridgehead atoms. The Morgan fingerprint density at radius 1 is 1.03 bits per heavy atom. The first kappa shape index (κ1) is 24.9. The molecule has 0 fully saturated rings. The Labute approximate surface area is 174 Å². The van der Waals surface area contributed by atoms with Crippen molar-refractivity contribution in [3.63, 3.8) is 0 Å². The molecule has 0 heterocycles. The molecule has 0 aliphatic heterocycles. The second kappa shape index (κ2) is 9.61. The molecule has 2 N–H and O–H groups in total. The second-order valence-electron chi connectivity index (χ2n) is 9.53. The van der Waals surface area contributed by atoms with Gasteiger partial charge in [0.1, 0.15) is 6.61 Å². The summed E-state index contributed by atoms with van der Waals surface area (Å²) in [6, 6.07) is 5.41. The molecule has 29 heavy (non-hydrogen) atoms. The lowest BCUT2D eigenvalue weighted by molar-refractivity contribution is -0.153. The average Bonchev–Trinajstić information content (AvgIpc) is 2.54. The van der Waals surface area contributed by atoms with Crippen LogP contribution in [-0.2, 0) is 19.4 Å². The van der Waals surface area contributed by atoms with Crippen LogP contribution in [-0.4, -0.2) is 39.8 Å². The molecule has 0 saturated carbocycles. The van der Waals surface area contributed by atoms with E-state index in [0.717, 1.165) is 6.26 Å². The summed E-state index contributed by atoms with van der Waals surface area (Å²) < 4.78 is 28.3. The molecule has 0 spiro atoms. The van der Waals surface area contributed by atoms with Gasteiger partial charge in [0.05, 0.1) is 17.4 Å². The van der Waals surface area contributed by atoms with Gasteiger partial charge in [0.15, 0.2) is 9.84 Å². The molecule has 0 aliphatic carbocycles. The first-order valence-corrected chi connectivity index (χ1v) is 11.5. The van der Waals surface area contributed by atoms with Gasteiger partial charge >= 0.3 is 12.0 Å². The van der Waals surface area contributed by atoms with Gasteiger partial charge < -0.3 is 15.4 Å². The zero-order valence-electron chi connectivity index (χ0n) is 18.5. The quantitative estimate of drug-likeness (QED) is 0.509. The van der Waals surface area contributed by atoms with E-state index in [1.165, 1.54) is 24.3 Å². The molecule has 1 aromatic rings. The predicted octanol–water partition coefficient (Wildman–Crippen LogP) is 3.85. The van der Waals surface area contributed by atoms with E-state index in [9.17, 15) is 18.0 Å². The molecule has 7 nitrogen and oxygen atoms in total. The molecule has 0 aliphatic rings. The Hall–Kier alpha value is -2.09. The van der Waals surface area contributed by atoms with Gasteiger partial charge in [0.2, 0.25) is 0 Å². The van der Waals surface area contributed by atoms with Gasteiger partial charge in [-0.3, -0.25) is 4.79 Å². The molecular formula is C21H34N2O5S. The number of esters is 1. The molecule has 1 rings (SSSR count). The lowest BCUT2D eigenvalue weighted by atomic mass is 9.72. The van der Waals surface area contributed by atoms with Crippen LogP contribution in [0.2, 0.25) is 0 Å². The number of hydrogen-bond acceptors (Lipinski definition) is 5. The van der Waals surface area contributed by atoms with Gasteiger partial charge in [-0.1, -0.05) is 41.5 Å². The second-order valence-corrected chi connectivity index (χ2v) is 11.5. The molecular weight excluding hydrogens is 392 g/mol. The Morgan fingerprint density at radius 3 is 2.03 bits per heavy atom. The Balaban J connectivity index is 2.48. The third-order valence-corrected chi connectivity index (χ3v) is 5.45. The van der Waals surface area contributed by atoms with E-state index in [1.54, 1.807) is 0 Å². The molecule has 1 aromatic carbocycles. The van der Waals surface area contributed by atoms with E-state index in [2.05, 4.69) is 31.4 Å². The Bertz CT molecular complexity index is 803. The van der Waals surface area contributed by atoms with E-state index < -0.39 is 15.9 Å². The van der Waals surface area contributed by atoms with Crippen molar-refractivity contribution < 1.29 is 22.7 Å². The number of urea groups is 1. The number of sulfone groups is 1. The highest BCUT2D eigenvalue weighted by Gasteiger charge is 2.35. The van der Waals surface area contributed by atoms with Crippen LogP contribution in [0.25, 0.3) is 0 Å². The average molecular weight is 427 g/mol. The molecule has 164 valence electrons. The molecule has 0 saturated heterocycles. The van der Waals surface area contributed by atoms with Crippen molar-refractivity contribution in [2.45, 2.75) is 52.9 Å². The maximum Gasteiger partial charge on any atom is 0.319 e. The van der Waals surface area contributed by atoms with Crippen LogP contribution in [0.1, 0.15) is 48.0 Å². The third-order valence-electron chi connectivity index (χ3n) is 4.32. The van der Waals surface area contributed by atoms with Gasteiger partial charge in [0, 0.05) is 11.9 Å². The zero-order chi connectivity index (χ0) is 22.5. The van der Waals surface area contributed by atoms with Gasteiger partial charge in [-0.2, -0.15) is 0 Å². The van der Waals surface area contributed by atoms with Crippen LogP contribution in [0.5, 0.6) is 0 Å². The van der Waals surface area contributed by atoms with Crippen molar-refractivity contribution in [3.8, 4) is 0 Å². The lowest BCUT2D eigenvalue weighted by Gasteiger charge is -2.33. The first-order valence-electron chi connectivity index (χ1n) is 9.61. The normalized spacial score (nSPS) is 13.5. The van der Waals surface area contributed by atoms with Crippen LogP contribution in [0.3, 0.4) is 0 Å². The zero-order valence-corrected chi connectivity index (χ0v) is 19.3. The smallest absolute Gasteiger partial charge is 0.319 e. The largest absolute Gasteiger partial charge is 0.464 e. The first-order chi connectivity index (χ1) is 13.1. The van der Waals surface area contributed by atoms with Gasteiger partial charge in [-0.25, -0.2) is 13.2 Å². The highest BCUT2D eigenvalue weighted by atomic mass is 32.2. The van der Waals surface area contributed by atoms with Crippen molar-refractivity contribution in [3.05, 3.63) is 24.3 Å². The van der Waals surface area contributed by atoms with Crippen LogP contribution in [0.15, 0.2) is 29.2 Å². The number of nitrogens with one attached hydrogen (secondary N) is 2. The van der Waals surface area contributed by atoms with Crippen LogP contribution in [0, 0.1) is 16.7 Å². The van der Waals surface area contributed by atoms with Crippen LogP contribution in [0.4, 0.5) is 10.5 Å².